The van der Waals surface area contributed by atoms with Crippen LogP contribution >= 0.6 is 0 Å². The second kappa shape index (κ2) is 9.45. The van der Waals surface area contributed by atoms with Gasteiger partial charge in [0, 0.05) is 0 Å². The number of allylic oxidation sites excluding steroid dienone is 2. The molecule has 0 heterocycles. The van der Waals surface area contributed by atoms with Crippen molar-refractivity contribution >= 4 is 25.0 Å². The Labute approximate surface area is 168 Å². The number of rotatable bonds is 8. The van der Waals surface area contributed by atoms with Gasteiger partial charge in [-0.05, 0) is 35.8 Å². The Morgan fingerprint density at radius 3 is 1.71 bits per heavy atom. The second-order valence-electron chi connectivity index (χ2n) is 7.13. The molecule has 1 atom stereocenters. The van der Waals surface area contributed by atoms with Crippen LogP contribution in [-0.2, 0) is 9.22 Å². The maximum absolute atomic E-state index is 12.1. The van der Waals surface area contributed by atoms with Crippen molar-refractivity contribution in [3.63, 3.8) is 0 Å². The fourth-order valence-corrected chi connectivity index (χ4v) is 7.34. The van der Waals surface area contributed by atoms with Crippen LogP contribution < -0.4 is 10.4 Å². The van der Waals surface area contributed by atoms with Crippen molar-refractivity contribution in [1.82, 2.24) is 0 Å². The molecule has 3 rings (SSSR count). The average molecular weight is 387 g/mol. The summed E-state index contributed by atoms with van der Waals surface area (Å²) in [5, 5.41) is 2.34. The van der Waals surface area contributed by atoms with Gasteiger partial charge in [-0.15, -0.1) is 0 Å². The highest BCUT2D eigenvalue weighted by Gasteiger charge is 2.41. The molecule has 0 aliphatic heterocycles. The van der Waals surface area contributed by atoms with Crippen LogP contribution in [0.25, 0.3) is 0 Å². The van der Waals surface area contributed by atoms with Gasteiger partial charge in [-0.1, -0.05) is 103 Å². The molecule has 0 radical (unpaired) electrons. The van der Waals surface area contributed by atoms with Gasteiger partial charge in [0.15, 0.2) is 6.29 Å². The van der Waals surface area contributed by atoms with E-state index in [0.29, 0.717) is 0 Å². The van der Waals surface area contributed by atoms with E-state index in [2.05, 4.69) is 44.2 Å². The zero-order valence-corrected chi connectivity index (χ0v) is 17.4. The van der Waals surface area contributed by atoms with E-state index in [0.717, 1.165) is 17.9 Å². The van der Waals surface area contributed by atoms with Crippen molar-refractivity contribution < 1.29 is 9.22 Å². The predicted molar refractivity (Wildman–Crippen MR) is 118 cm³/mol. The van der Waals surface area contributed by atoms with Crippen LogP contribution in [0.2, 0.25) is 6.04 Å². The topological polar surface area (TPSA) is 26.3 Å². The molecule has 0 saturated carbocycles. The van der Waals surface area contributed by atoms with Gasteiger partial charge in [-0.25, -0.2) is 0 Å². The highest BCUT2D eigenvalue weighted by Crippen LogP contribution is 2.24. The first kappa shape index (κ1) is 20.0. The highest BCUT2D eigenvalue weighted by molar-refractivity contribution is 6.97. The molecule has 0 saturated heterocycles. The minimum absolute atomic E-state index is 0.598. The lowest BCUT2D eigenvalue weighted by Gasteiger charge is -2.34. The van der Waals surface area contributed by atoms with Crippen LogP contribution in [0, 0.1) is 0 Å². The SMILES string of the molecule is CC(C)=CC[Si](OC(C=O)c1ccccc1)(c1ccccc1)c1ccccc1. The highest BCUT2D eigenvalue weighted by atomic mass is 28.4. The van der Waals surface area contributed by atoms with Crippen LogP contribution in [-0.4, -0.2) is 14.6 Å². The molecule has 0 bridgehead atoms. The standard InChI is InChI=1S/C25H26O2Si/c1-21(2)18-19-28(23-14-8-4-9-15-23,24-16-10-5-11-17-24)27-25(20-26)22-12-6-3-7-13-22/h3-18,20,25H,19H2,1-2H3. The second-order valence-corrected chi connectivity index (χ2v) is 10.6. The molecule has 142 valence electrons. The van der Waals surface area contributed by atoms with Crippen LogP contribution in [0.15, 0.2) is 103 Å². The van der Waals surface area contributed by atoms with Gasteiger partial charge in [-0.2, -0.15) is 0 Å². The zero-order valence-electron chi connectivity index (χ0n) is 16.4. The lowest BCUT2D eigenvalue weighted by molar-refractivity contribution is -0.114. The zero-order chi connectivity index (χ0) is 19.8. The Hall–Kier alpha value is -2.75. The van der Waals surface area contributed by atoms with Gasteiger partial charge in [0.05, 0.1) is 0 Å². The van der Waals surface area contributed by atoms with Gasteiger partial charge in [-0.3, -0.25) is 0 Å². The summed E-state index contributed by atoms with van der Waals surface area (Å²) in [6.07, 6.45) is 2.56. The summed E-state index contributed by atoms with van der Waals surface area (Å²) in [5.41, 5.74) is 2.13. The first-order chi connectivity index (χ1) is 13.7. The van der Waals surface area contributed by atoms with Gasteiger partial charge in [0.2, 0.25) is 0 Å². The number of hydrogen-bond acceptors (Lipinski definition) is 2. The molecule has 3 aromatic carbocycles. The minimum atomic E-state index is -2.68. The fourth-order valence-electron chi connectivity index (χ4n) is 3.38. The Balaban J connectivity index is 2.16. The Morgan fingerprint density at radius 2 is 1.29 bits per heavy atom. The first-order valence-electron chi connectivity index (χ1n) is 9.58. The molecule has 0 N–H and O–H groups in total. The average Bonchev–Trinajstić information content (AvgIpc) is 2.76. The monoisotopic (exact) mass is 386 g/mol. The van der Waals surface area contributed by atoms with Crippen molar-refractivity contribution in [2.45, 2.75) is 26.0 Å². The third-order valence-corrected chi connectivity index (χ3v) is 8.83. The number of aldehydes is 1. The van der Waals surface area contributed by atoms with Gasteiger partial charge in [0.1, 0.15) is 6.10 Å². The molecule has 0 aliphatic rings. The molecule has 0 amide bonds. The maximum atomic E-state index is 12.1. The molecule has 0 aromatic heterocycles. The molecule has 28 heavy (non-hydrogen) atoms. The summed E-state index contributed by atoms with van der Waals surface area (Å²) in [6, 6.07) is 31.3. The van der Waals surface area contributed by atoms with Crippen LogP contribution in [0.5, 0.6) is 0 Å². The first-order valence-corrected chi connectivity index (χ1v) is 11.7. The van der Waals surface area contributed by atoms with E-state index in [1.54, 1.807) is 0 Å². The van der Waals surface area contributed by atoms with Crippen molar-refractivity contribution in [2.75, 3.05) is 0 Å². The third-order valence-electron chi connectivity index (χ3n) is 4.86. The van der Waals surface area contributed by atoms with Gasteiger partial charge < -0.3 is 9.22 Å². The fraction of sp³-hybridized carbons (Fsp3) is 0.160. The van der Waals surface area contributed by atoms with E-state index in [-0.39, 0.29) is 0 Å². The summed E-state index contributed by atoms with van der Waals surface area (Å²) in [4.78, 5) is 12.1. The molecular formula is C25H26O2Si. The van der Waals surface area contributed by atoms with Crippen molar-refractivity contribution in [2.24, 2.45) is 0 Å². The summed E-state index contributed by atoms with van der Waals surface area (Å²) in [5.74, 6) is 0. The van der Waals surface area contributed by atoms with Gasteiger partial charge in [0.25, 0.3) is 8.32 Å². The third kappa shape index (κ3) is 4.56. The molecule has 0 aliphatic carbocycles. The maximum Gasteiger partial charge on any atom is 0.260 e. The number of carbonyl (C=O) groups is 1. The largest absolute Gasteiger partial charge is 0.394 e. The van der Waals surface area contributed by atoms with Crippen LogP contribution in [0.4, 0.5) is 0 Å². The Bertz CT molecular complexity index is 862. The van der Waals surface area contributed by atoms with E-state index >= 15 is 0 Å². The van der Waals surface area contributed by atoms with Gasteiger partial charge >= 0.3 is 0 Å². The van der Waals surface area contributed by atoms with Crippen LogP contribution in [0.3, 0.4) is 0 Å². The Morgan fingerprint density at radius 1 is 0.821 bits per heavy atom. The molecule has 1 unspecified atom stereocenters. The summed E-state index contributed by atoms with van der Waals surface area (Å²) < 4.78 is 6.82. The Kier molecular flexibility index (Phi) is 6.74. The number of carbonyl (C=O) groups excluding carboxylic acids is 1. The van der Waals surface area contributed by atoms with Crippen molar-refractivity contribution in [3.05, 3.63) is 108 Å². The molecule has 0 spiro atoms. The number of hydrogen-bond donors (Lipinski definition) is 0. The summed E-state index contributed by atoms with van der Waals surface area (Å²) >= 11 is 0. The number of benzene rings is 3. The molecule has 0 fully saturated rings. The van der Waals surface area contributed by atoms with E-state index in [1.165, 1.54) is 15.9 Å². The van der Waals surface area contributed by atoms with Crippen molar-refractivity contribution in [1.29, 1.82) is 0 Å². The molecular weight excluding hydrogens is 360 g/mol. The van der Waals surface area contributed by atoms with E-state index in [1.807, 2.05) is 66.7 Å². The predicted octanol–water partition coefficient (Wildman–Crippen LogP) is 4.67. The lowest BCUT2D eigenvalue weighted by Crippen LogP contribution is -2.61. The van der Waals surface area contributed by atoms with Crippen molar-refractivity contribution in [3.8, 4) is 0 Å². The normalized spacial score (nSPS) is 12.2. The lowest BCUT2D eigenvalue weighted by atomic mass is 10.1. The molecule has 2 nitrogen and oxygen atoms in total. The quantitative estimate of drug-likeness (QED) is 0.319. The summed E-state index contributed by atoms with van der Waals surface area (Å²) in [6.45, 7) is 4.20. The van der Waals surface area contributed by atoms with E-state index < -0.39 is 14.4 Å². The van der Waals surface area contributed by atoms with E-state index in [4.69, 9.17) is 4.43 Å². The minimum Gasteiger partial charge on any atom is -0.394 e. The van der Waals surface area contributed by atoms with Crippen LogP contribution in [0.1, 0.15) is 25.5 Å². The molecule has 3 heteroatoms. The molecule has 3 aromatic rings. The van der Waals surface area contributed by atoms with E-state index in [9.17, 15) is 4.79 Å². The summed E-state index contributed by atoms with van der Waals surface area (Å²) in [7, 11) is -2.68. The smallest absolute Gasteiger partial charge is 0.260 e.